The SMILES string of the molecule is CC1=CC(C)([N-]C2([SiH](C)C)CCCCCCC2)C(C)=C1C.CC1=CC(C)([N-]C2([SiH](C)C)CCCCCCC2)C(C)=C1C.CC1=CC(C)([N-]C2([SiH](C)C)CCCCCCC2)C(C)=C1C.CC1=CC(C)([N-]C2([SiH](C)C)CCCCCCC2)C(C)=C1C.[Ti+4]. The van der Waals surface area contributed by atoms with Gasteiger partial charge >= 0.3 is 21.7 Å². The van der Waals surface area contributed by atoms with Crippen LogP contribution in [-0.2, 0) is 21.7 Å². The molecule has 0 spiro atoms. The van der Waals surface area contributed by atoms with Crippen molar-refractivity contribution in [1.29, 1.82) is 0 Å². The van der Waals surface area contributed by atoms with Gasteiger partial charge in [0, 0.05) is 35.2 Å². The number of nitrogens with zero attached hydrogens (tertiary/aromatic N) is 4. The molecule has 4 saturated carbocycles. The number of allylic oxidation sites excluding steroid dienone is 8. The first kappa shape index (κ1) is 76.8. The van der Waals surface area contributed by atoms with Gasteiger partial charge in [-0.3, -0.25) is 0 Å². The monoisotopic (exact) mass is 1260 g/mol. The molecule has 0 aromatic rings. The fraction of sp³-hybridized carbons (Fsp3) is 0.789. The van der Waals surface area contributed by atoms with E-state index in [1.165, 1.54) is 247 Å². The first-order valence-corrected chi connectivity index (χ1v) is 47.2. The van der Waals surface area contributed by atoms with Gasteiger partial charge in [-0.25, -0.2) is 0 Å². The van der Waals surface area contributed by atoms with Gasteiger partial charge in [-0.05, 0) is 83.1 Å². The van der Waals surface area contributed by atoms with Gasteiger partial charge in [0.25, 0.3) is 0 Å². The maximum absolute atomic E-state index is 5.61. The molecule has 4 nitrogen and oxygen atoms in total. The predicted molar refractivity (Wildman–Crippen MR) is 391 cm³/mol. The summed E-state index contributed by atoms with van der Waals surface area (Å²) in [5.74, 6) is 0. The Morgan fingerprint density at radius 2 is 0.376 bits per heavy atom. The predicted octanol–water partition coefficient (Wildman–Crippen LogP) is 23.7. The van der Waals surface area contributed by atoms with Crippen LogP contribution in [0.25, 0.3) is 21.3 Å². The van der Waals surface area contributed by atoms with Crippen LogP contribution in [0.4, 0.5) is 0 Å². The molecule has 8 aliphatic rings. The van der Waals surface area contributed by atoms with E-state index in [1.54, 1.807) is 0 Å². The van der Waals surface area contributed by atoms with E-state index in [-0.39, 0.29) is 43.9 Å². The summed E-state index contributed by atoms with van der Waals surface area (Å²) in [6.45, 7) is 56.8. The van der Waals surface area contributed by atoms with Crippen LogP contribution in [0.1, 0.15) is 291 Å². The Kier molecular flexibility index (Phi) is 29.6. The molecule has 0 aromatic heterocycles. The van der Waals surface area contributed by atoms with E-state index in [1.807, 2.05) is 0 Å². The zero-order chi connectivity index (χ0) is 62.7. The zero-order valence-electron chi connectivity index (χ0n) is 60.7. The maximum Gasteiger partial charge on any atom is 4.00 e. The van der Waals surface area contributed by atoms with Crippen molar-refractivity contribution in [3.8, 4) is 0 Å². The minimum Gasteiger partial charge on any atom is -0.647 e. The standard InChI is InChI=1S/4C19H34NSi.Ti/c4*1-15-14-18(4,17(3)16(15)2)20-19(21(5)6)12-10-8-7-9-11-13-19;/h4*14,21H,7-13H2,1-6H3;/q4*-1;+4. The summed E-state index contributed by atoms with van der Waals surface area (Å²) in [4.78, 5) is 0. The molecule has 0 aromatic carbocycles. The van der Waals surface area contributed by atoms with Gasteiger partial charge in [-0.1, -0.05) is 373 Å². The average Bonchev–Trinajstić information content (AvgIpc) is 4.14. The minimum absolute atomic E-state index is 0. The smallest absolute Gasteiger partial charge is 0.647 e. The number of rotatable bonds is 12. The summed E-state index contributed by atoms with van der Waals surface area (Å²) < 4.78 is 0. The Bertz CT molecular complexity index is 2100. The fourth-order valence-electron chi connectivity index (χ4n) is 16.9. The van der Waals surface area contributed by atoms with E-state index < -0.39 is 35.2 Å². The second-order valence-corrected chi connectivity index (χ2v) is 45.0. The van der Waals surface area contributed by atoms with Crippen molar-refractivity contribution in [2.45, 2.75) is 386 Å². The van der Waals surface area contributed by atoms with Crippen LogP contribution in [0.2, 0.25) is 52.4 Å². The quantitative estimate of drug-likeness (QED) is 0.175. The number of hydrogen-bond donors (Lipinski definition) is 0. The molecule has 0 bridgehead atoms. The van der Waals surface area contributed by atoms with Crippen LogP contribution in [0.15, 0.2) is 91.2 Å². The minimum atomic E-state index is -0.823. The zero-order valence-corrected chi connectivity index (χ0v) is 66.9. The van der Waals surface area contributed by atoms with Crippen molar-refractivity contribution >= 4 is 35.2 Å². The molecule has 0 aliphatic heterocycles. The molecule has 0 N–H and O–H groups in total. The van der Waals surface area contributed by atoms with Crippen LogP contribution in [0, 0.1) is 0 Å². The molecule has 8 aliphatic carbocycles. The molecule has 480 valence electrons. The van der Waals surface area contributed by atoms with Gasteiger partial charge in [0.1, 0.15) is 0 Å². The van der Waals surface area contributed by atoms with Crippen LogP contribution in [0.3, 0.4) is 0 Å². The third-order valence-corrected chi connectivity index (χ3v) is 36.1. The molecule has 8 rings (SSSR count). The Labute approximate surface area is 551 Å². The first-order valence-electron chi connectivity index (χ1n) is 35.7. The second kappa shape index (κ2) is 32.8. The van der Waals surface area contributed by atoms with E-state index in [9.17, 15) is 0 Å². The van der Waals surface area contributed by atoms with Gasteiger partial charge in [-0.15, -0.1) is 20.6 Å². The Hall–Kier alpha value is -0.658. The van der Waals surface area contributed by atoms with Crippen LogP contribution in [0.5, 0.6) is 0 Å². The molecule has 4 fully saturated rings. The van der Waals surface area contributed by atoms with E-state index in [2.05, 4.69) is 187 Å². The Balaban J connectivity index is 0.000000242. The van der Waals surface area contributed by atoms with Gasteiger partial charge in [-0.2, -0.15) is 0 Å². The van der Waals surface area contributed by atoms with Gasteiger partial charge in [0.2, 0.25) is 0 Å². The third kappa shape index (κ3) is 18.8. The molecule has 0 radical (unpaired) electrons. The molecule has 0 saturated heterocycles. The summed E-state index contributed by atoms with van der Waals surface area (Å²) >= 11 is 0. The summed E-state index contributed by atoms with van der Waals surface area (Å²) in [7, 11) is -3.29. The molecule has 4 unspecified atom stereocenters. The van der Waals surface area contributed by atoms with Gasteiger partial charge in [0.05, 0.1) is 0 Å². The third-order valence-electron chi connectivity index (χ3n) is 24.6. The van der Waals surface area contributed by atoms with Gasteiger partial charge < -0.3 is 21.3 Å². The van der Waals surface area contributed by atoms with Crippen molar-refractivity contribution in [3.05, 3.63) is 112 Å². The van der Waals surface area contributed by atoms with Crippen molar-refractivity contribution in [1.82, 2.24) is 0 Å². The Morgan fingerprint density at radius 3 is 0.482 bits per heavy atom. The summed E-state index contributed by atoms with van der Waals surface area (Å²) in [6.07, 6.45) is 48.5. The fourth-order valence-corrected chi connectivity index (χ4v) is 25.3. The van der Waals surface area contributed by atoms with E-state index >= 15 is 0 Å². The summed E-state index contributed by atoms with van der Waals surface area (Å²) in [5, 5.41) is 23.7. The topological polar surface area (TPSA) is 56.4 Å². The largest absolute Gasteiger partial charge is 4.00 e. The maximum atomic E-state index is 5.61. The summed E-state index contributed by atoms with van der Waals surface area (Å²) in [6, 6.07) is 0. The Morgan fingerprint density at radius 1 is 0.247 bits per heavy atom. The van der Waals surface area contributed by atoms with E-state index in [4.69, 9.17) is 21.3 Å². The van der Waals surface area contributed by atoms with E-state index in [0.29, 0.717) is 20.6 Å². The summed E-state index contributed by atoms with van der Waals surface area (Å²) in [5.41, 5.74) is 17.4. The molecular formula is C76H136N4Si4Ti. The molecule has 4 atom stereocenters. The van der Waals surface area contributed by atoms with Crippen molar-refractivity contribution in [2.24, 2.45) is 0 Å². The van der Waals surface area contributed by atoms with E-state index in [0.717, 1.165) is 0 Å². The molecule has 9 heteroatoms. The molecule has 85 heavy (non-hydrogen) atoms. The first-order chi connectivity index (χ1) is 39.2. The van der Waals surface area contributed by atoms with Crippen LogP contribution >= 0.6 is 0 Å². The van der Waals surface area contributed by atoms with Crippen molar-refractivity contribution in [3.63, 3.8) is 0 Å². The molecule has 0 heterocycles. The van der Waals surface area contributed by atoms with Gasteiger partial charge in [0.15, 0.2) is 0 Å². The van der Waals surface area contributed by atoms with Crippen LogP contribution in [-0.4, -0.2) is 78.0 Å². The molecular weight excluding hydrogens is 1130 g/mol. The van der Waals surface area contributed by atoms with Crippen molar-refractivity contribution < 1.29 is 21.7 Å². The molecule has 0 amide bonds. The number of hydrogen-bond acceptors (Lipinski definition) is 0. The normalized spacial score (nSPS) is 30.0. The second-order valence-electron chi connectivity index (χ2n) is 31.5. The van der Waals surface area contributed by atoms with Crippen molar-refractivity contribution in [2.75, 3.05) is 0 Å². The average molecular weight is 1270 g/mol. The van der Waals surface area contributed by atoms with Crippen LogP contribution < -0.4 is 0 Å².